The molecule has 1 N–H and O–H groups in total. The van der Waals surface area contributed by atoms with Gasteiger partial charge in [0.05, 0.1) is 22.9 Å². The number of halogens is 3. The summed E-state index contributed by atoms with van der Waals surface area (Å²) in [6.07, 6.45) is 2.82. The highest BCUT2D eigenvalue weighted by Crippen LogP contribution is 2.34. The average molecular weight is 511 g/mol. The van der Waals surface area contributed by atoms with Crippen LogP contribution < -0.4 is 10.2 Å². The second kappa shape index (κ2) is 10.7. The summed E-state index contributed by atoms with van der Waals surface area (Å²) >= 11 is 18.9. The first-order chi connectivity index (χ1) is 15.9. The second-order valence-corrected chi connectivity index (χ2v) is 10.1. The third-order valence-corrected chi connectivity index (χ3v) is 7.64. The third kappa shape index (κ3) is 5.71. The highest BCUT2D eigenvalue weighted by atomic mass is 35.5. The quantitative estimate of drug-likeness (QED) is 0.496. The number of carbonyl (C=O) groups excluding carboxylic acids is 1. The molecule has 178 valence electrons. The molecule has 33 heavy (non-hydrogen) atoms. The van der Waals surface area contributed by atoms with Gasteiger partial charge in [0.2, 0.25) is 5.91 Å². The first kappa shape index (κ1) is 24.5. The van der Waals surface area contributed by atoms with Gasteiger partial charge in [0.15, 0.2) is 0 Å². The molecule has 0 unspecified atom stereocenters. The minimum absolute atomic E-state index is 0.0396. The lowest BCUT2D eigenvalue weighted by atomic mass is 9.95. The van der Waals surface area contributed by atoms with E-state index in [9.17, 15) is 4.79 Å². The van der Waals surface area contributed by atoms with Crippen molar-refractivity contribution in [3.63, 3.8) is 0 Å². The summed E-state index contributed by atoms with van der Waals surface area (Å²) in [5, 5.41) is 5.37. The molecule has 0 radical (unpaired) electrons. The van der Waals surface area contributed by atoms with Crippen molar-refractivity contribution in [2.75, 3.05) is 43.5 Å². The highest BCUT2D eigenvalue weighted by Gasteiger charge is 2.33. The number of hydrogen-bond donors (Lipinski definition) is 1. The standard InChI is InChI=1S/C25H30Cl3N3O2/c1-16(21-5-3-18(26)13-23(21)28)29-24-14-19(4-6-22(24)27)30-10-7-17(8-11-30)25(32)31-12-9-20(15-31)33-2/h3-6,13-14,16-17,20,29H,7-12,15H2,1-2H3/t16-,20+/m1/s1. The second-order valence-electron chi connectivity index (χ2n) is 8.89. The summed E-state index contributed by atoms with van der Waals surface area (Å²) in [5.41, 5.74) is 2.91. The van der Waals surface area contributed by atoms with Crippen LogP contribution >= 0.6 is 34.8 Å². The van der Waals surface area contributed by atoms with Gasteiger partial charge in [-0.05, 0) is 62.1 Å². The van der Waals surface area contributed by atoms with Crippen LogP contribution in [0.1, 0.15) is 37.8 Å². The Morgan fingerprint density at radius 1 is 1.03 bits per heavy atom. The molecule has 0 bridgehead atoms. The fourth-order valence-corrected chi connectivity index (χ4v) is 5.49. The van der Waals surface area contributed by atoms with E-state index in [0.29, 0.717) is 15.1 Å². The number of likely N-dealkylation sites (tertiary alicyclic amines) is 1. The van der Waals surface area contributed by atoms with Crippen molar-refractivity contribution >= 4 is 52.1 Å². The summed E-state index contributed by atoms with van der Waals surface area (Å²) in [5.74, 6) is 0.371. The summed E-state index contributed by atoms with van der Waals surface area (Å²) < 4.78 is 5.41. The van der Waals surface area contributed by atoms with Gasteiger partial charge in [0, 0.05) is 54.9 Å². The molecule has 0 aliphatic carbocycles. The van der Waals surface area contributed by atoms with Crippen LogP contribution in [-0.4, -0.2) is 50.2 Å². The van der Waals surface area contributed by atoms with Crippen LogP contribution in [0.4, 0.5) is 11.4 Å². The molecule has 2 aliphatic rings. The molecule has 0 spiro atoms. The van der Waals surface area contributed by atoms with Gasteiger partial charge in [0.1, 0.15) is 0 Å². The van der Waals surface area contributed by atoms with E-state index in [-0.39, 0.29) is 24.0 Å². The predicted octanol–water partition coefficient (Wildman–Crippen LogP) is 6.28. The minimum atomic E-state index is -0.0396. The number of methoxy groups -OCH3 is 1. The molecule has 2 fully saturated rings. The van der Waals surface area contributed by atoms with Gasteiger partial charge in [0.25, 0.3) is 0 Å². The Hall–Kier alpha value is -1.66. The van der Waals surface area contributed by atoms with Gasteiger partial charge in [-0.2, -0.15) is 0 Å². The van der Waals surface area contributed by atoms with E-state index in [1.807, 2.05) is 36.1 Å². The zero-order chi connectivity index (χ0) is 23.5. The van der Waals surface area contributed by atoms with E-state index in [4.69, 9.17) is 39.5 Å². The van der Waals surface area contributed by atoms with Crippen LogP contribution in [0.15, 0.2) is 36.4 Å². The topological polar surface area (TPSA) is 44.8 Å². The van der Waals surface area contributed by atoms with Crippen LogP contribution in [0, 0.1) is 5.92 Å². The monoisotopic (exact) mass is 509 g/mol. The number of carbonyl (C=O) groups is 1. The van der Waals surface area contributed by atoms with Crippen LogP contribution in [0.3, 0.4) is 0 Å². The fraction of sp³-hybridized carbons (Fsp3) is 0.480. The largest absolute Gasteiger partial charge is 0.380 e. The Labute approximate surface area is 210 Å². The number of benzene rings is 2. The third-order valence-electron chi connectivity index (χ3n) is 6.75. The summed E-state index contributed by atoms with van der Waals surface area (Å²) in [6.45, 7) is 5.26. The maximum Gasteiger partial charge on any atom is 0.225 e. The number of anilines is 2. The first-order valence-corrected chi connectivity index (χ1v) is 12.6. The maximum absolute atomic E-state index is 12.9. The number of ether oxygens (including phenoxy) is 1. The fourth-order valence-electron chi connectivity index (χ4n) is 4.75. The van der Waals surface area contributed by atoms with Crippen molar-refractivity contribution < 1.29 is 9.53 Å². The molecule has 2 aromatic rings. The van der Waals surface area contributed by atoms with Crippen LogP contribution in [0.2, 0.25) is 15.1 Å². The van der Waals surface area contributed by atoms with Crippen molar-refractivity contribution in [1.29, 1.82) is 0 Å². The Bertz CT molecular complexity index is 995. The van der Waals surface area contributed by atoms with E-state index in [0.717, 1.165) is 62.4 Å². The first-order valence-electron chi connectivity index (χ1n) is 11.4. The van der Waals surface area contributed by atoms with E-state index in [1.54, 1.807) is 13.2 Å². The lowest BCUT2D eigenvalue weighted by molar-refractivity contribution is -0.135. The van der Waals surface area contributed by atoms with Gasteiger partial charge in [-0.25, -0.2) is 0 Å². The van der Waals surface area contributed by atoms with Gasteiger partial charge >= 0.3 is 0 Å². The van der Waals surface area contributed by atoms with Crippen molar-refractivity contribution in [3.05, 3.63) is 57.0 Å². The number of nitrogens with one attached hydrogen (secondary N) is 1. The van der Waals surface area contributed by atoms with Crippen molar-refractivity contribution in [2.24, 2.45) is 5.92 Å². The Balaban J connectivity index is 1.38. The number of piperidine rings is 1. The zero-order valence-corrected chi connectivity index (χ0v) is 21.3. The molecule has 5 nitrogen and oxygen atoms in total. The lowest BCUT2D eigenvalue weighted by Crippen LogP contribution is -2.42. The molecule has 4 rings (SSSR count). The molecule has 2 saturated heterocycles. The Morgan fingerprint density at radius 3 is 2.45 bits per heavy atom. The number of nitrogens with zero attached hydrogens (tertiary/aromatic N) is 2. The maximum atomic E-state index is 12.9. The van der Waals surface area contributed by atoms with Crippen LogP contribution in [-0.2, 0) is 9.53 Å². The van der Waals surface area contributed by atoms with E-state index < -0.39 is 0 Å². The smallest absolute Gasteiger partial charge is 0.225 e. The van der Waals surface area contributed by atoms with Gasteiger partial charge in [-0.1, -0.05) is 40.9 Å². The summed E-state index contributed by atoms with van der Waals surface area (Å²) in [4.78, 5) is 17.2. The summed E-state index contributed by atoms with van der Waals surface area (Å²) in [7, 11) is 1.72. The van der Waals surface area contributed by atoms with Crippen LogP contribution in [0.25, 0.3) is 0 Å². The molecule has 0 saturated carbocycles. The molecule has 0 aromatic heterocycles. The SMILES string of the molecule is CO[C@H]1CCN(C(=O)C2CCN(c3ccc(Cl)c(N[C@H](C)c4ccc(Cl)cc4Cl)c3)CC2)C1. The van der Waals surface area contributed by atoms with E-state index in [2.05, 4.69) is 16.3 Å². The number of rotatable bonds is 6. The van der Waals surface area contributed by atoms with Crippen molar-refractivity contribution in [2.45, 2.75) is 38.3 Å². The average Bonchev–Trinajstić information content (AvgIpc) is 3.29. The lowest BCUT2D eigenvalue weighted by Gasteiger charge is -2.35. The van der Waals surface area contributed by atoms with Crippen molar-refractivity contribution in [3.8, 4) is 0 Å². The van der Waals surface area contributed by atoms with Gasteiger partial charge < -0.3 is 19.9 Å². The minimum Gasteiger partial charge on any atom is -0.380 e. The number of amides is 1. The Morgan fingerprint density at radius 2 is 1.79 bits per heavy atom. The van der Waals surface area contributed by atoms with E-state index >= 15 is 0 Å². The Kier molecular flexibility index (Phi) is 7.95. The molecule has 2 atom stereocenters. The summed E-state index contributed by atoms with van der Waals surface area (Å²) in [6, 6.07) is 11.5. The van der Waals surface area contributed by atoms with Crippen molar-refractivity contribution in [1.82, 2.24) is 4.90 Å². The van der Waals surface area contributed by atoms with Gasteiger partial charge in [-0.15, -0.1) is 0 Å². The van der Waals surface area contributed by atoms with Crippen LogP contribution in [0.5, 0.6) is 0 Å². The molecule has 1 amide bonds. The molecule has 2 aliphatic heterocycles. The molecular weight excluding hydrogens is 481 g/mol. The van der Waals surface area contributed by atoms with E-state index in [1.165, 1.54) is 0 Å². The van der Waals surface area contributed by atoms with Gasteiger partial charge in [-0.3, -0.25) is 4.79 Å². The molecular formula is C25H30Cl3N3O2. The zero-order valence-electron chi connectivity index (χ0n) is 19.0. The molecule has 2 aromatic carbocycles. The molecule has 2 heterocycles. The molecule has 8 heteroatoms. The normalized spacial score (nSPS) is 20.2. The number of hydrogen-bond acceptors (Lipinski definition) is 4. The predicted molar refractivity (Wildman–Crippen MR) is 137 cm³/mol. The highest BCUT2D eigenvalue weighted by molar-refractivity contribution is 6.35.